The molecule has 0 aromatic heterocycles. The van der Waals surface area contributed by atoms with Gasteiger partial charge in [0.15, 0.2) is 11.5 Å². The van der Waals surface area contributed by atoms with Crippen LogP contribution in [0, 0.1) is 5.82 Å². The van der Waals surface area contributed by atoms with Crippen LogP contribution in [0.2, 0.25) is 0 Å². The van der Waals surface area contributed by atoms with E-state index in [1.54, 1.807) is 24.3 Å². The molecule has 0 aliphatic rings. The Hall–Kier alpha value is -3.29. The van der Waals surface area contributed by atoms with Gasteiger partial charge in [-0.2, -0.15) is 0 Å². The van der Waals surface area contributed by atoms with Crippen molar-refractivity contribution in [1.29, 1.82) is 0 Å². The summed E-state index contributed by atoms with van der Waals surface area (Å²) >= 11 is 0. The minimum Gasteiger partial charge on any atom is -0.492 e. The van der Waals surface area contributed by atoms with Crippen molar-refractivity contribution in [3.63, 3.8) is 0 Å². The highest BCUT2D eigenvalue weighted by Crippen LogP contribution is 2.28. The molecule has 0 bridgehead atoms. The molecule has 0 saturated heterocycles. The fourth-order valence-electron chi connectivity index (χ4n) is 2.43. The Kier molecular flexibility index (Phi) is 8.75. The molecule has 7 nitrogen and oxygen atoms in total. The predicted molar refractivity (Wildman–Crippen MR) is 106 cm³/mol. The van der Waals surface area contributed by atoms with Gasteiger partial charge < -0.3 is 24.8 Å². The molecule has 2 aromatic rings. The lowest BCUT2D eigenvalue weighted by Gasteiger charge is -2.12. The molecule has 0 atom stereocenters. The van der Waals surface area contributed by atoms with E-state index in [2.05, 4.69) is 10.6 Å². The molecule has 2 rings (SSSR count). The van der Waals surface area contributed by atoms with Gasteiger partial charge in [-0.3, -0.25) is 9.59 Å². The summed E-state index contributed by atoms with van der Waals surface area (Å²) in [6, 6.07) is 10.6. The number of carbonyl (C=O) groups is 2. The van der Waals surface area contributed by atoms with Gasteiger partial charge in [0.1, 0.15) is 18.2 Å². The maximum atomic E-state index is 13.0. The number of halogens is 1. The molecule has 2 aromatic carbocycles. The second-order valence-corrected chi connectivity index (χ2v) is 5.87. The molecule has 0 spiro atoms. The van der Waals surface area contributed by atoms with E-state index in [9.17, 15) is 14.0 Å². The molecule has 8 heteroatoms. The summed E-state index contributed by atoms with van der Waals surface area (Å²) in [5, 5.41) is 5.16. The summed E-state index contributed by atoms with van der Waals surface area (Å²) in [6.45, 7) is 4.83. The number of carbonyl (C=O) groups excluding carboxylic acids is 2. The molecule has 0 aliphatic heterocycles. The molecule has 29 heavy (non-hydrogen) atoms. The SMILES string of the molecule is CCOc1ccc(C(=O)NCC(=O)NCCOc2cccc(F)c2)cc1OCC. The first-order valence-electron chi connectivity index (χ1n) is 9.36. The lowest BCUT2D eigenvalue weighted by atomic mass is 10.2. The minimum absolute atomic E-state index is 0.180. The third-order valence-corrected chi connectivity index (χ3v) is 3.70. The Bertz CT molecular complexity index is 828. The third-order valence-electron chi connectivity index (χ3n) is 3.70. The van der Waals surface area contributed by atoms with E-state index in [0.717, 1.165) is 0 Å². The number of hydrogen-bond donors (Lipinski definition) is 2. The van der Waals surface area contributed by atoms with E-state index in [-0.39, 0.29) is 25.6 Å². The lowest BCUT2D eigenvalue weighted by Crippen LogP contribution is -2.38. The number of nitrogens with one attached hydrogen (secondary N) is 2. The van der Waals surface area contributed by atoms with Gasteiger partial charge in [-0.05, 0) is 44.2 Å². The van der Waals surface area contributed by atoms with Crippen LogP contribution in [0.1, 0.15) is 24.2 Å². The summed E-state index contributed by atoms with van der Waals surface area (Å²) in [4.78, 5) is 24.1. The quantitative estimate of drug-likeness (QED) is 0.562. The number of hydrogen-bond acceptors (Lipinski definition) is 5. The second kappa shape index (κ2) is 11.5. The average molecular weight is 404 g/mol. The zero-order chi connectivity index (χ0) is 21.1. The highest BCUT2D eigenvalue weighted by atomic mass is 19.1. The van der Waals surface area contributed by atoms with Crippen LogP contribution in [0.5, 0.6) is 17.2 Å². The highest BCUT2D eigenvalue weighted by Gasteiger charge is 2.12. The van der Waals surface area contributed by atoms with Crippen LogP contribution < -0.4 is 24.8 Å². The Labute approximate surface area is 169 Å². The fourth-order valence-corrected chi connectivity index (χ4v) is 2.43. The summed E-state index contributed by atoms with van der Waals surface area (Å²) < 4.78 is 29.3. The molecule has 0 saturated carbocycles. The van der Waals surface area contributed by atoms with Gasteiger partial charge in [0.25, 0.3) is 5.91 Å². The number of rotatable bonds is 11. The number of ether oxygens (including phenoxy) is 3. The van der Waals surface area contributed by atoms with Crippen LogP contribution in [0.3, 0.4) is 0 Å². The second-order valence-electron chi connectivity index (χ2n) is 5.87. The zero-order valence-corrected chi connectivity index (χ0v) is 16.5. The predicted octanol–water partition coefficient (Wildman–Crippen LogP) is 2.55. The van der Waals surface area contributed by atoms with Crippen molar-refractivity contribution >= 4 is 11.8 Å². The molecule has 0 unspecified atom stereocenters. The van der Waals surface area contributed by atoms with Crippen LogP contribution in [0.4, 0.5) is 4.39 Å². The molecule has 0 fully saturated rings. The van der Waals surface area contributed by atoms with E-state index in [1.807, 2.05) is 13.8 Å². The smallest absolute Gasteiger partial charge is 0.251 e. The maximum Gasteiger partial charge on any atom is 0.251 e. The van der Waals surface area contributed by atoms with Gasteiger partial charge in [-0.15, -0.1) is 0 Å². The summed E-state index contributed by atoms with van der Waals surface area (Å²) in [6.07, 6.45) is 0. The largest absolute Gasteiger partial charge is 0.492 e. The fraction of sp³-hybridized carbons (Fsp3) is 0.333. The van der Waals surface area contributed by atoms with Crippen molar-refractivity contribution in [2.45, 2.75) is 13.8 Å². The minimum atomic E-state index is -0.403. The van der Waals surface area contributed by atoms with Crippen molar-refractivity contribution < 1.29 is 28.2 Å². The molecule has 156 valence electrons. The van der Waals surface area contributed by atoms with Gasteiger partial charge in [0.05, 0.1) is 26.3 Å². The van der Waals surface area contributed by atoms with Crippen molar-refractivity contribution in [2.75, 3.05) is 32.9 Å². The molecule has 0 heterocycles. The van der Waals surface area contributed by atoms with Gasteiger partial charge in [0.2, 0.25) is 5.91 Å². The van der Waals surface area contributed by atoms with Crippen LogP contribution >= 0.6 is 0 Å². The van der Waals surface area contributed by atoms with E-state index in [1.165, 1.54) is 18.2 Å². The first-order valence-corrected chi connectivity index (χ1v) is 9.36. The average Bonchev–Trinajstić information content (AvgIpc) is 2.71. The molecular weight excluding hydrogens is 379 g/mol. The van der Waals surface area contributed by atoms with Gasteiger partial charge >= 0.3 is 0 Å². The summed E-state index contributed by atoms with van der Waals surface area (Å²) in [5.74, 6) is 0.254. The summed E-state index contributed by atoms with van der Waals surface area (Å²) in [7, 11) is 0. The molecular formula is C21H25FN2O5. The van der Waals surface area contributed by atoms with Crippen LogP contribution in [0.25, 0.3) is 0 Å². The summed E-state index contributed by atoms with van der Waals surface area (Å²) in [5.41, 5.74) is 0.360. The van der Waals surface area contributed by atoms with Gasteiger partial charge in [0, 0.05) is 11.6 Å². The van der Waals surface area contributed by atoms with Crippen molar-refractivity contribution in [3.8, 4) is 17.2 Å². The maximum absolute atomic E-state index is 13.0. The van der Waals surface area contributed by atoms with Crippen LogP contribution in [-0.2, 0) is 4.79 Å². The monoisotopic (exact) mass is 404 g/mol. The zero-order valence-electron chi connectivity index (χ0n) is 16.5. The third kappa shape index (κ3) is 7.33. The topological polar surface area (TPSA) is 85.9 Å². The lowest BCUT2D eigenvalue weighted by molar-refractivity contribution is -0.120. The highest BCUT2D eigenvalue weighted by molar-refractivity contribution is 5.97. The standard InChI is InChI=1S/C21H25FN2O5/c1-3-27-18-9-8-15(12-19(18)28-4-2)21(26)24-14-20(25)23-10-11-29-17-7-5-6-16(22)13-17/h5-9,12-13H,3-4,10-11,14H2,1-2H3,(H,23,25)(H,24,26). The van der Waals surface area contributed by atoms with Crippen molar-refractivity contribution in [1.82, 2.24) is 10.6 Å². The van der Waals surface area contributed by atoms with E-state index < -0.39 is 11.7 Å². The Morgan fingerprint density at radius 1 is 0.931 bits per heavy atom. The van der Waals surface area contributed by atoms with Gasteiger partial charge in [-0.1, -0.05) is 6.07 Å². The van der Waals surface area contributed by atoms with Crippen molar-refractivity contribution in [3.05, 3.63) is 53.8 Å². The van der Waals surface area contributed by atoms with Crippen LogP contribution in [0.15, 0.2) is 42.5 Å². The van der Waals surface area contributed by atoms with E-state index in [4.69, 9.17) is 14.2 Å². The molecule has 0 radical (unpaired) electrons. The molecule has 0 aliphatic carbocycles. The first-order chi connectivity index (χ1) is 14.0. The Morgan fingerprint density at radius 2 is 1.69 bits per heavy atom. The number of amides is 2. The molecule has 2 N–H and O–H groups in total. The van der Waals surface area contributed by atoms with E-state index >= 15 is 0 Å². The first kappa shape index (κ1) is 22.0. The van der Waals surface area contributed by atoms with E-state index in [0.29, 0.717) is 36.0 Å². The van der Waals surface area contributed by atoms with Crippen molar-refractivity contribution in [2.24, 2.45) is 0 Å². The van der Waals surface area contributed by atoms with Gasteiger partial charge in [-0.25, -0.2) is 4.39 Å². The Morgan fingerprint density at radius 3 is 2.41 bits per heavy atom. The number of benzene rings is 2. The Balaban J connectivity index is 1.76. The normalized spacial score (nSPS) is 10.2. The van der Waals surface area contributed by atoms with Crippen LogP contribution in [-0.4, -0.2) is 44.7 Å². The molecule has 2 amide bonds.